The van der Waals surface area contributed by atoms with Gasteiger partial charge < -0.3 is 19.5 Å². The lowest BCUT2D eigenvalue weighted by molar-refractivity contribution is -0.384. The molecule has 0 fully saturated rings. The molecule has 0 bridgehead atoms. The molecule has 0 aliphatic rings. The summed E-state index contributed by atoms with van der Waals surface area (Å²) in [5.41, 5.74) is 1.99. The van der Waals surface area contributed by atoms with Gasteiger partial charge in [-0.05, 0) is 18.2 Å². The zero-order valence-corrected chi connectivity index (χ0v) is 18.8. The minimum Gasteiger partial charge on any atom is -0.497 e. The quantitative estimate of drug-likeness (QED) is 0.226. The summed E-state index contributed by atoms with van der Waals surface area (Å²) < 4.78 is 17.7. The molecule has 4 aromatic rings. The number of hydrogen-bond acceptors (Lipinski definition) is 8. The SMILES string of the molecule is COc1ccc(CNc2nn(-c3ccc([N+](=O)[O-])cc3OC)c3cc(Cl)ncc23)c(OC)c1. The lowest BCUT2D eigenvalue weighted by atomic mass is 10.2. The molecule has 0 saturated carbocycles. The van der Waals surface area contributed by atoms with Gasteiger partial charge >= 0.3 is 0 Å². The Labute approximate surface area is 193 Å². The molecule has 1 N–H and O–H groups in total. The smallest absolute Gasteiger partial charge is 0.273 e. The highest BCUT2D eigenvalue weighted by Gasteiger charge is 2.19. The van der Waals surface area contributed by atoms with E-state index < -0.39 is 4.92 Å². The summed E-state index contributed by atoms with van der Waals surface area (Å²) in [5, 5.41) is 20.2. The number of nitro groups is 1. The number of halogens is 1. The summed E-state index contributed by atoms with van der Waals surface area (Å²) in [7, 11) is 4.63. The van der Waals surface area contributed by atoms with E-state index in [0.29, 0.717) is 46.2 Å². The number of non-ortho nitro benzene ring substituents is 1. The molecule has 0 amide bonds. The molecule has 0 saturated heterocycles. The summed E-state index contributed by atoms with van der Waals surface area (Å²) in [6, 6.07) is 11.5. The van der Waals surface area contributed by atoms with Crippen LogP contribution in [0.3, 0.4) is 0 Å². The van der Waals surface area contributed by atoms with E-state index in [0.717, 1.165) is 5.56 Å². The van der Waals surface area contributed by atoms with E-state index in [1.165, 1.54) is 19.2 Å². The first-order chi connectivity index (χ1) is 15.9. The van der Waals surface area contributed by atoms with Crippen molar-refractivity contribution in [2.24, 2.45) is 0 Å². The maximum atomic E-state index is 11.2. The van der Waals surface area contributed by atoms with E-state index in [2.05, 4.69) is 15.4 Å². The number of rotatable bonds is 8. The zero-order chi connectivity index (χ0) is 23.5. The van der Waals surface area contributed by atoms with E-state index in [-0.39, 0.29) is 10.8 Å². The van der Waals surface area contributed by atoms with Crippen molar-refractivity contribution in [2.45, 2.75) is 6.54 Å². The van der Waals surface area contributed by atoms with Crippen LogP contribution in [-0.4, -0.2) is 41.0 Å². The van der Waals surface area contributed by atoms with Gasteiger partial charge in [-0.3, -0.25) is 10.1 Å². The second-order valence-corrected chi connectivity index (χ2v) is 7.32. The van der Waals surface area contributed by atoms with Crippen LogP contribution in [0.2, 0.25) is 5.15 Å². The summed E-state index contributed by atoms with van der Waals surface area (Å²) in [5.74, 6) is 2.20. The van der Waals surface area contributed by atoms with Gasteiger partial charge in [-0.15, -0.1) is 5.10 Å². The molecule has 0 atom stereocenters. The molecule has 0 aliphatic heterocycles. The maximum absolute atomic E-state index is 11.2. The minimum absolute atomic E-state index is 0.0864. The molecule has 0 spiro atoms. The Morgan fingerprint density at radius 3 is 2.55 bits per heavy atom. The van der Waals surface area contributed by atoms with Gasteiger partial charge in [0.15, 0.2) is 11.6 Å². The molecule has 2 aromatic carbocycles. The highest BCUT2D eigenvalue weighted by atomic mass is 35.5. The van der Waals surface area contributed by atoms with Crippen molar-refractivity contribution < 1.29 is 19.1 Å². The van der Waals surface area contributed by atoms with Crippen LogP contribution in [0.4, 0.5) is 11.5 Å². The van der Waals surface area contributed by atoms with Crippen LogP contribution >= 0.6 is 11.6 Å². The first-order valence-corrected chi connectivity index (χ1v) is 10.1. The van der Waals surface area contributed by atoms with Gasteiger partial charge in [0.25, 0.3) is 5.69 Å². The van der Waals surface area contributed by atoms with E-state index in [1.54, 1.807) is 43.3 Å². The van der Waals surface area contributed by atoms with Gasteiger partial charge in [-0.25, -0.2) is 9.67 Å². The van der Waals surface area contributed by atoms with Gasteiger partial charge in [-0.2, -0.15) is 0 Å². The van der Waals surface area contributed by atoms with E-state index in [1.807, 2.05) is 12.1 Å². The Hall–Kier alpha value is -4.05. The van der Waals surface area contributed by atoms with E-state index >= 15 is 0 Å². The summed E-state index contributed by atoms with van der Waals surface area (Å²) in [6.45, 7) is 0.416. The zero-order valence-electron chi connectivity index (χ0n) is 18.0. The number of methoxy groups -OCH3 is 3. The van der Waals surface area contributed by atoms with Crippen molar-refractivity contribution in [3.8, 4) is 22.9 Å². The monoisotopic (exact) mass is 469 g/mol. The van der Waals surface area contributed by atoms with Crippen LogP contribution in [0.15, 0.2) is 48.7 Å². The number of ether oxygens (including phenoxy) is 3. The average molecular weight is 470 g/mol. The van der Waals surface area contributed by atoms with Crippen molar-refractivity contribution in [3.63, 3.8) is 0 Å². The fraction of sp³-hybridized carbons (Fsp3) is 0.182. The molecule has 0 unspecified atom stereocenters. The second kappa shape index (κ2) is 9.21. The largest absolute Gasteiger partial charge is 0.497 e. The van der Waals surface area contributed by atoms with Crippen molar-refractivity contribution in [2.75, 3.05) is 26.6 Å². The van der Waals surface area contributed by atoms with E-state index in [9.17, 15) is 10.1 Å². The van der Waals surface area contributed by atoms with Crippen LogP contribution in [0.1, 0.15) is 5.56 Å². The molecule has 4 rings (SSSR count). The number of anilines is 1. The van der Waals surface area contributed by atoms with E-state index in [4.69, 9.17) is 25.8 Å². The molecule has 2 heterocycles. The number of pyridine rings is 1. The number of nitro benzene ring substituents is 1. The van der Waals surface area contributed by atoms with Crippen LogP contribution in [0.25, 0.3) is 16.6 Å². The van der Waals surface area contributed by atoms with Gasteiger partial charge in [0.1, 0.15) is 22.3 Å². The average Bonchev–Trinajstić information content (AvgIpc) is 3.19. The molecule has 170 valence electrons. The van der Waals surface area contributed by atoms with Crippen LogP contribution in [-0.2, 0) is 6.54 Å². The Balaban J connectivity index is 1.76. The molecule has 10 nitrogen and oxygen atoms in total. The molecular formula is C22H20ClN5O5. The van der Waals surface area contributed by atoms with Crippen LogP contribution in [0.5, 0.6) is 17.2 Å². The van der Waals surface area contributed by atoms with Gasteiger partial charge in [0.05, 0.1) is 43.2 Å². The third-order valence-electron chi connectivity index (χ3n) is 5.07. The number of aromatic nitrogens is 3. The Morgan fingerprint density at radius 2 is 1.85 bits per heavy atom. The predicted octanol–water partition coefficient (Wildman–Crippen LogP) is 4.62. The third kappa shape index (κ3) is 4.33. The van der Waals surface area contributed by atoms with Gasteiger partial charge in [-0.1, -0.05) is 11.6 Å². The summed E-state index contributed by atoms with van der Waals surface area (Å²) >= 11 is 6.15. The Bertz CT molecular complexity index is 1340. The summed E-state index contributed by atoms with van der Waals surface area (Å²) in [6.07, 6.45) is 1.62. The normalized spacial score (nSPS) is 10.8. The van der Waals surface area contributed by atoms with Crippen molar-refractivity contribution in [1.82, 2.24) is 14.8 Å². The number of nitrogens with zero attached hydrogens (tertiary/aromatic N) is 4. The fourth-order valence-corrected chi connectivity index (χ4v) is 3.58. The molecular weight excluding hydrogens is 450 g/mol. The first kappa shape index (κ1) is 22.2. The molecule has 11 heteroatoms. The van der Waals surface area contributed by atoms with Gasteiger partial charge in [0, 0.05) is 36.5 Å². The third-order valence-corrected chi connectivity index (χ3v) is 5.28. The minimum atomic E-state index is -0.483. The second-order valence-electron chi connectivity index (χ2n) is 6.93. The van der Waals surface area contributed by atoms with Crippen LogP contribution in [0, 0.1) is 10.1 Å². The molecule has 2 aromatic heterocycles. The molecule has 0 radical (unpaired) electrons. The standard InChI is InChI=1S/C22H20ClN5O5/c1-31-15-6-4-13(19(9-15)32-2)11-25-22-16-12-24-21(23)10-18(16)27(26-22)17-7-5-14(28(29)30)8-20(17)33-3/h4-10,12H,11H2,1-3H3,(H,25,26). The number of nitrogens with one attached hydrogen (secondary N) is 1. The number of hydrogen-bond donors (Lipinski definition) is 1. The lowest BCUT2D eigenvalue weighted by Gasteiger charge is -2.11. The topological polar surface area (TPSA) is 114 Å². The first-order valence-electron chi connectivity index (χ1n) is 9.77. The highest BCUT2D eigenvalue weighted by Crippen LogP contribution is 2.33. The maximum Gasteiger partial charge on any atom is 0.273 e. The van der Waals surface area contributed by atoms with Crippen molar-refractivity contribution in [3.05, 3.63) is 69.5 Å². The van der Waals surface area contributed by atoms with Crippen molar-refractivity contribution >= 4 is 34.0 Å². The Kier molecular flexibility index (Phi) is 6.18. The number of fused-ring (bicyclic) bond motifs is 1. The van der Waals surface area contributed by atoms with Crippen molar-refractivity contribution in [1.29, 1.82) is 0 Å². The fourth-order valence-electron chi connectivity index (χ4n) is 3.43. The van der Waals surface area contributed by atoms with Gasteiger partial charge in [0.2, 0.25) is 0 Å². The summed E-state index contributed by atoms with van der Waals surface area (Å²) in [4.78, 5) is 14.9. The Morgan fingerprint density at radius 1 is 1.06 bits per heavy atom. The molecule has 33 heavy (non-hydrogen) atoms. The highest BCUT2D eigenvalue weighted by molar-refractivity contribution is 6.30. The molecule has 0 aliphatic carbocycles. The van der Waals surface area contributed by atoms with Crippen LogP contribution < -0.4 is 19.5 Å². The number of benzene rings is 2. The predicted molar refractivity (Wildman–Crippen MR) is 124 cm³/mol. The lowest BCUT2D eigenvalue weighted by Crippen LogP contribution is -2.04.